The van der Waals surface area contributed by atoms with Crippen molar-refractivity contribution >= 4 is 58.7 Å². The van der Waals surface area contributed by atoms with E-state index < -0.39 is 40.0 Å². The molecule has 2 aliphatic heterocycles. The van der Waals surface area contributed by atoms with Crippen LogP contribution in [0.2, 0.25) is 0 Å². The van der Waals surface area contributed by atoms with Gasteiger partial charge in [0.25, 0.3) is 0 Å². The Hall–Kier alpha value is -0.300. The Bertz CT molecular complexity index is 355. The monoisotopic (exact) mass is 324 g/mol. The van der Waals surface area contributed by atoms with E-state index in [-0.39, 0.29) is 0 Å². The van der Waals surface area contributed by atoms with Crippen LogP contribution in [0.25, 0.3) is 0 Å². The number of hydrogen-bond acceptors (Lipinski definition) is 6. The molecule has 0 N–H and O–H groups in total. The molecule has 4 atom stereocenters. The fourth-order valence-electron chi connectivity index (χ4n) is 1.43. The molecule has 2 fully saturated rings. The third kappa shape index (κ3) is 2.59. The summed E-state index contributed by atoms with van der Waals surface area (Å²) in [6, 6.07) is 0. The molecule has 96 valence electrons. The molecule has 0 radical (unpaired) electrons. The minimum absolute atomic E-state index is 0.999. The second-order valence-electron chi connectivity index (χ2n) is 3.21. The van der Waals surface area contributed by atoms with Crippen LogP contribution >= 0.6 is 46.4 Å². The van der Waals surface area contributed by atoms with E-state index >= 15 is 0 Å². The van der Waals surface area contributed by atoms with Crippen LogP contribution in [-0.4, -0.2) is 40.0 Å². The van der Waals surface area contributed by atoms with Crippen molar-refractivity contribution in [3.8, 4) is 0 Å². The number of carbonyl (C=O) groups excluding carboxylic acids is 2. The molecule has 0 amide bonds. The molecule has 0 unspecified atom stereocenters. The summed E-state index contributed by atoms with van der Waals surface area (Å²) in [7, 11) is 0. The fourth-order valence-corrected chi connectivity index (χ4v) is 2.21. The third-order valence-electron chi connectivity index (χ3n) is 2.10. The summed E-state index contributed by atoms with van der Waals surface area (Å²) in [4.78, 5) is 21.9. The van der Waals surface area contributed by atoms with Crippen LogP contribution in [0.3, 0.4) is 0 Å². The maximum absolute atomic E-state index is 11.0. The summed E-state index contributed by atoms with van der Waals surface area (Å²) in [5.74, 6) is 0. The third-order valence-corrected chi connectivity index (χ3v) is 3.08. The average molecular weight is 326 g/mol. The van der Waals surface area contributed by atoms with Gasteiger partial charge in [0.05, 0.1) is 0 Å². The maximum Gasteiger partial charge on any atom is 0.510 e. The molecule has 0 aromatic heterocycles. The van der Waals surface area contributed by atoms with E-state index in [9.17, 15) is 9.59 Å². The summed E-state index contributed by atoms with van der Waals surface area (Å²) < 4.78 is 16.7. The van der Waals surface area contributed by atoms with E-state index in [0.717, 1.165) is 0 Å². The summed E-state index contributed by atoms with van der Waals surface area (Å²) in [6.07, 6.45) is -5.54. The highest BCUT2D eigenvalue weighted by Gasteiger charge is 2.57. The SMILES string of the molecule is O=C1O[C@@H]([C@@H]2OC(=O)O[C@H]2C(Cl)(Cl)Cl)[C@H](Cl)O1. The lowest BCUT2D eigenvalue weighted by Crippen LogP contribution is -2.45. The molecule has 0 bridgehead atoms. The molecule has 2 heterocycles. The molecule has 2 aliphatic rings. The number of carbonyl (C=O) groups is 2. The van der Waals surface area contributed by atoms with Crippen molar-refractivity contribution in [3.63, 3.8) is 0 Å². The quantitative estimate of drug-likeness (QED) is 0.544. The van der Waals surface area contributed by atoms with Gasteiger partial charge >= 0.3 is 12.3 Å². The van der Waals surface area contributed by atoms with Crippen molar-refractivity contribution in [2.45, 2.75) is 27.7 Å². The highest BCUT2D eigenvalue weighted by molar-refractivity contribution is 6.68. The van der Waals surface area contributed by atoms with E-state index in [0.29, 0.717) is 0 Å². The van der Waals surface area contributed by atoms with E-state index in [2.05, 4.69) is 9.47 Å². The molecule has 0 aromatic rings. The Morgan fingerprint density at radius 3 is 1.88 bits per heavy atom. The lowest BCUT2D eigenvalue weighted by molar-refractivity contribution is 0.0221. The molecular formula is C7H4Cl4O6. The fraction of sp³-hybridized carbons (Fsp3) is 0.714. The zero-order valence-corrected chi connectivity index (χ0v) is 10.8. The van der Waals surface area contributed by atoms with Gasteiger partial charge in [-0.3, -0.25) is 0 Å². The summed E-state index contributed by atoms with van der Waals surface area (Å²) in [5.41, 5.74) is -1.16. The van der Waals surface area contributed by atoms with Gasteiger partial charge in [-0.1, -0.05) is 46.4 Å². The highest BCUT2D eigenvalue weighted by atomic mass is 35.6. The Morgan fingerprint density at radius 1 is 0.882 bits per heavy atom. The van der Waals surface area contributed by atoms with E-state index in [4.69, 9.17) is 55.9 Å². The van der Waals surface area contributed by atoms with E-state index in [1.54, 1.807) is 0 Å². The predicted molar refractivity (Wildman–Crippen MR) is 56.4 cm³/mol. The Kier molecular flexibility index (Phi) is 3.42. The second kappa shape index (κ2) is 4.42. The maximum atomic E-state index is 11.0. The van der Waals surface area contributed by atoms with Gasteiger partial charge in [-0.15, -0.1) is 0 Å². The van der Waals surface area contributed by atoms with E-state index in [1.807, 2.05) is 0 Å². The number of cyclic esters (lactones) is 4. The molecule has 2 rings (SSSR count). The van der Waals surface area contributed by atoms with Gasteiger partial charge in [0.15, 0.2) is 18.3 Å². The molecular weight excluding hydrogens is 322 g/mol. The van der Waals surface area contributed by atoms with Gasteiger partial charge in [0.1, 0.15) is 0 Å². The minimum atomic E-state index is -1.94. The Labute approximate surface area is 115 Å². The smallest absolute Gasteiger partial charge is 0.423 e. The van der Waals surface area contributed by atoms with Crippen LogP contribution < -0.4 is 0 Å². The first-order valence-electron chi connectivity index (χ1n) is 4.24. The van der Waals surface area contributed by atoms with Crippen molar-refractivity contribution in [1.82, 2.24) is 0 Å². The first-order valence-corrected chi connectivity index (χ1v) is 5.81. The number of rotatable bonds is 1. The van der Waals surface area contributed by atoms with Gasteiger partial charge in [0, 0.05) is 0 Å². The summed E-state index contributed by atoms with van der Waals surface area (Å²) in [5, 5.41) is 0. The van der Waals surface area contributed by atoms with Crippen LogP contribution in [0.5, 0.6) is 0 Å². The number of hydrogen-bond donors (Lipinski definition) is 0. The van der Waals surface area contributed by atoms with Gasteiger partial charge in [-0.05, 0) is 0 Å². The first-order chi connectivity index (χ1) is 7.79. The summed E-state index contributed by atoms with van der Waals surface area (Å²) >= 11 is 22.5. The lowest BCUT2D eigenvalue weighted by atomic mass is 10.1. The van der Waals surface area contributed by atoms with Gasteiger partial charge < -0.3 is 18.9 Å². The Balaban J connectivity index is 2.19. The van der Waals surface area contributed by atoms with Crippen LogP contribution in [0, 0.1) is 0 Å². The highest BCUT2D eigenvalue weighted by Crippen LogP contribution is 2.41. The second-order valence-corrected chi connectivity index (χ2v) is 6.01. The molecule has 0 saturated carbocycles. The molecule has 6 nitrogen and oxygen atoms in total. The largest absolute Gasteiger partial charge is 0.510 e. The van der Waals surface area contributed by atoms with Crippen molar-refractivity contribution in [3.05, 3.63) is 0 Å². The van der Waals surface area contributed by atoms with Gasteiger partial charge in [-0.25, -0.2) is 9.59 Å². The standard InChI is InChI=1S/C7H4Cl4O6/c8-4-2(15-6(13)17-4)1-3(7(9,10)11)16-5(12)14-1/h1-4H/t1-,2-,3+,4+/m0/s1. The molecule has 2 saturated heterocycles. The van der Waals surface area contributed by atoms with Crippen molar-refractivity contribution in [1.29, 1.82) is 0 Å². The van der Waals surface area contributed by atoms with Crippen molar-refractivity contribution in [2.24, 2.45) is 0 Å². The Morgan fingerprint density at radius 2 is 1.41 bits per heavy atom. The molecule has 0 spiro atoms. The van der Waals surface area contributed by atoms with Crippen LogP contribution in [0.1, 0.15) is 0 Å². The predicted octanol–water partition coefficient (Wildman–Crippen LogP) is 2.36. The zero-order chi connectivity index (χ0) is 12.8. The molecule has 0 aromatic carbocycles. The zero-order valence-electron chi connectivity index (χ0n) is 7.77. The minimum Gasteiger partial charge on any atom is -0.423 e. The summed E-state index contributed by atoms with van der Waals surface area (Å²) in [6.45, 7) is 0. The van der Waals surface area contributed by atoms with Crippen molar-refractivity contribution in [2.75, 3.05) is 0 Å². The topological polar surface area (TPSA) is 71.1 Å². The van der Waals surface area contributed by atoms with Crippen LogP contribution in [-0.2, 0) is 18.9 Å². The normalized spacial score (nSPS) is 37.2. The number of ether oxygens (including phenoxy) is 4. The van der Waals surface area contributed by atoms with Crippen LogP contribution in [0.15, 0.2) is 0 Å². The van der Waals surface area contributed by atoms with Crippen molar-refractivity contribution < 1.29 is 28.5 Å². The number of alkyl halides is 4. The average Bonchev–Trinajstić information content (AvgIpc) is 2.68. The van der Waals surface area contributed by atoms with E-state index in [1.165, 1.54) is 0 Å². The first kappa shape index (κ1) is 13.1. The number of halogens is 4. The van der Waals surface area contributed by atoms with Crippen LogP contribution in [0.4, 0.5) is 9.59 Å². The molecule has 17 heavy (non-hydrogen) atoms. The lowest BCUT2D eigenvalue weighted by Gasteiger charge is -2.24. The molecule has 10 heteroatoms. The van der Waals surface area contributed by atoms with Gasteiger partial charge in [0.2, 0.25) is 9.36 Å². The van der Waals surface area contributed by atoms with Gasteiger partial charge in [-0.2, -0.15) is 0 Å². The molecule has 0 aliphatic carbocycles.